The first kappa shape index (κ1) is 18.7. The van der Waals surface area contributed by atoms with E-state index in [1.54, 1.807) is 0 Å². The smallest absolute Gasteiger partial charge is 0.224 e. The Labute approximate surface area is 149 Å². The van der Waals surface area contributed by atoms with Crippen LogP contribution in [0, 0.1) is 5.92 Å². The van der Waals surface area contributed by atoms with Crippen LogP contribution in [0.5, 0.6) is 0 Å². The zero-order chi connectivity index (χ0) is 17.5. The van der Waals surface area contributed by atoms with Gasteiger partial charge < -0.3 is 15.1 Å². The van der Waals surface area contributed by atoms with E-state index in [1.807, 2.05) is 48.2 Å². The van der Waals surface area contributed by atoms with Gasteiger partial charge in [-0.2, -0.15) is 0 Å². The van der Waals surface area contributed by atoms with Crippen LogP contribution in [0.25, 0.3) is 0 Å². The molecule has 2 rings (SSSR count). The molecule has 0 aliphatic carbocycles. The molecule has 1 heterocycles. The van der Waals surface area contributed by atoms with E-state index in [2.05, 4.69) is 5.32 Å². The van der Waals surface area contributed by atoms with Crippen molar-refractivity contribution in [3.8, 4) is 0 Å². The number of likely N-dealkylation sites (tertiary alicyclic amines) is 1. The minimum Gasteiger partial charge on any atom is -0.355 e. The van der Waals surface area contributed by atoms with Crippen LogP contribution < -0.4 is 5.32 Å². The molecule has 5 nitrogen and oxygen atoms in total. The molecule has 1 N–H and O–H groups in total. The Morgan fingerprint density at radius 3 is 2.83 bits per heavy atom. The van der Waals surface area contributed by atoms with E-state index in [4.69, 9.17) is 11.6 Å². The lowest BCUT2D eigenvalue weighted by Crippen LogP contribution is -2.47. The van der Waals surface area contributed by atoms with Crippen LogP contribution in [0.3, 0.4) is 0 Å². The summed E-state index contributed by atoms with van der Waals surface area (Å²) in [5, 5.41) is 3.71. The molecule has 24 heavy (non-hydrogen) atoms. The fourth-order valence-electron chi connectivity index (χ4n) is 2.83. The molecule has 1 unspecified atom stereocenters. The van der Waals surface area contributed by atoms with Crippen molar-refractivity contribution in [3.63, 3.8) is 0 Å². The van der Waals surface area contributed by atoms with E-state index in [-0.39, 0.29) is 17.7 Å². The van der Waals surface area contributed by atoms with Gasteiger partial charge in [-0.3, -0.25) is 9.59 Å². The van der Waals surface area contributed by atoms with E-state index in [0.29, 0.717) is 38.9 Å². The number of rotatable bonds is 7. The molecule has 0 saturated carbocycles. The van der Waals surface area contributed by atoms with Crippen LogP contribution in [0.4, 0.5) is 0 Å². The highest BCUT2D eigenvalue weighted by Crippen LogP contribution is 2.18. The van der Waals surface area contributed by atoms with Gasteiger partial charge in [0.2, 0.25) is 11.8 Å². The summed E-state index contributed by atoms with van der Waals surface area (Å²) in [7, 11) is 3.96. The molecule has 1 aliphatic heterocycles. The molecule has 1 atom stereocenters. The quantitative estimate of drug-likeness (QED) is 0.815. The van der Waals surface area contributed by atoms with Crippen LogP contribution >= 0.6 is 11.6 Å². The second-order valence-corrected chi connectivity index (χ2v) is 6.92. The summed E-state index contributed by atoms with van der Waals surface area (Å²) in [4.78, 5) is 28.2. The van der Waals surface area contributed by atoms with E-state index < -0.39 is 0 Å². The van der Waals surface area contributed by atoms with E-state index >= 15 is 0 Å². The first-order chi connectivity index (χ1) is 11.5. The largest absolute Gasteiger partial charge is 0.355 e. The van der Waals surface area contributed by atoms with Crippen LogP contribution in [0.1, 0.15) is 18.4 Å². The molecule has 6 heteroatoms. The second-order valence-electron chi connectivity index (χ2n) is 6.51. The van der Waals surface area contributed by atoms with Crippen molar-refractivity contribution >= 4 is 23.4 Å². The number of nitrogens with one attached hydrogen (secondary N) is 1. The van der Waals surface area contributed by atoms with Crippen LogP contribution in [-0.4, -0.2) is 61.9 Å². The van der Waals surface area contributed by atoms with E-state index in [1.165, 1.54) is 0 Å². The highest BCUT2D eigenvalue weighted by molar-refractivity contribution is 6.31. The number of carbonyl (C=O) groups is 2. The molecule has 132 valence electrons. The number of nitrogens with zero attached hydrogens (tertiary/aromatic N) is 2. The summed E-state index contributed by atoms with van der Waals surface area (Å²) in [6, 6.07) is 7.66. The Hall–Kier alpha value is -1.59. The summed E-state index contributed by atoms with van der Waals surface area (Å²) in [5.74, 6) is 0.0671. The number of likely N-dealkylation sites (N-methyl/N-ethyl adjacent to an activating group) is 1. The highest BCUT2D eigenvalue weighted by Gasteiger charge is 2.29. The van der Waals surface area contributed by atoms with Gasteiger partial charge in [-0.15, -0.1) is 0 Å². The molecule has 0 aromatic heterocycles. The Morgan fingerprint density at radius 2 is 2.12 bits per heavy atom. The number of benzene rings is 1. The van der Waals surface area contributed by atoms with Crippen LogP contribution in [0.2, 0.25) is 5.02 Å². The molecule has 1 fully saturated rings. The van der Waals surface area contributed by atoms with Crippen molar-refractivity contribution < 1.29 is 9.59 Å². The van der Waals surface area contributed by atoms with Crippen molar-refractivity contribution in [1.82, 2.24) is 15.1 Å². The third-order valence-corrected chi connectivity index (χ3v) is 4.71. The Morgan fingerprint density at radius 1 is 1.38 bits per heavy atom. The lowest BCUT2D eigenvalue weighted by atomic mass is 9.96. The monoisotopic (exact) mass is 351 g/mol. The fraction of sp³-hybridized carbons (Fsp3) is 0.556. The fourth-order valence-corrected chi connectivity index (χ4v) is 3.06. The van der Waals surface area contributed by atoms with Gasteiger partial charge in [0, 0.05) is 37.6 Å². The Bertz CT molecular complexity index is 577. The molecule has 0 radical (unpaired) electrons. The molecular formula is C18H26ClN3O2. The average Bonchev–Trinajstić information content (AvgIpc) is 2.55. The van der Waals surface area contributed by atoms with E-state index in [9.17, 15) is 9.59 Å². The zero-order valence-electron chi connectivity index (χ0n) is 14.4. The van der Waals surface area contributed by atoms with Gasteiger partial charge in [0.25, 0.3) is 0 Å². The Kier molecular flexibility index (Phi) is 7.06. The van der Waals surface area contributed by atoms with Crippen molar-refractivity contribution in [2.45, 2.75) is 19.3 Å². The van der Waals surface area contributed by atoms with Crippen molar-refractivity contribution in [1.29, 1.82) is 0 Å². The number of carbonyl (C=O) groups excluding carboxylic acids is 2. The second kappa shape index (κ2) is 9.04. The summed E-state index contributed by atoms with van der Waals surface area (Å²) in [5.41, 5.74) is 1.03. The van der Waals surface area contributed by atoms with Gasteiger partial charge in [-0.1, -0.05) is 29.8 Å². The van der Waals surface area contributed by atoms with Crippen LogP contribution in [0.15, 0.2) is 24.3 Å². The summed E-state index contributed by atoms with van der Waals surface area (Å²) in [6.45, 7) is 2.57. The zero-order valence-corrected chi connectivity index (χ0v) is 15.2. The predicted molar refractivity (Wildman–Crippen MR) is 96.0 cm³/mol. The van der Waals surface area contributed by atoms with Crippen molar-refractivity contribution in [2.75, 3.05) is 40.3 Å². The van der Waals surface area contributed by atoms with Gasteiger partial charge in [0.05, 0.1) is 5.92 Å². The lowest BCUT2D eigenvalue weighted by Gasteiger charge is -2.32. The molecule has 1 aromatic carbocycles. The van der Waals surface area contributed by atoms with Gasteiger partial charge in [0.15, 0.2) is 0 Å². The van der Waals surface area contributed by atoms with Gasteiger partial charge >= 0.3 is 0 Å². The molecule has 0 bridgehead atoms. The standard InChI is InChI=1S/C18H26ClN3O2/c1-21(2)11-12-22-13-15(7-8-17(22)23)18(24)20-10-9-14-5-3-4-6-16(14)19/h3-6,15H,7-13H2,1-2H3,(H,20,24). The molecule has 0 spiro atoms. The lowest BCUT2D eigenvalue weighted by molar-refractivity contribution is -0.138. The SMILES string of the molecule is CN(C)CCN1CC(C(=O)NCCc2ccccc2Cl)CCC1=O. The maximum atomic E-state index is 12.4. The van der Waals surface area contributed by atoms with Crippen LogP contribution in [-0.2, 0) is 16.0 Å². The first-order valence-corrected chi connectivity index (χ1v) is 8.79. The maximum absolute atomic E-state index is 12.4. The topological polar surface area (TPSA) is 52.6 Å². The molecule has 1 aliphatic rings. The van der Waals surface area contributed by atoms with Gasteiger partial charge in [-0.25, -0.2) is 0 Å². The summed E-state index contributed by atoms with van der Waals surface area (Å²) < 4.78 is 0. The summed E-state index contributed by atoms with van der Waals surface area (Å²) >= 11 is 6.12. The first-order valence-electron chi connectivity index (χ1n) is 8.41. The number of halogens is 1. The summed E-state index contributed by atoms with van der Waals surface area (Å²) in [6.07, 6.45) is 1.80. The third-order valence-electron chi connectivity index (χ3n) is 4.34. The third kappa shape index (κ3) is 5.49. The maximum Gasteiger partial charge on any atom is 0.224 e. The van der Waals surface area contributed by atoms with Crippen molar-refractivity contribution in [3.05, 3.63) is 34.9 Å². The molecular weight excluding hydrogens is 326 g/mol. The normalized spacial score (nSPS) is 18.1. The predicted octanol–water partition coefficient (Wildman–Crippen LogP) is 1.80. The number of hydrogen-bond donors (Lipinski definition) is 1. The Balaban J connectivity index is 1.79. The minimum absolute atomic E-state index is 0.0319. The molecule has 1 saturated heterocycles. The highest BCUT2D eigenvalue weighted by atomic mass is 35.5. The number of amides is 2. The minimum atomic E-state index is -0.115. The van der Waals surface area contributed by atoms with E-state index in [0.717, 1.165) is 17.1 Å². The molecule has 1 aromatic rings. The number of hydrogen-bond acceptors (Lipinski definition) is 3. The van der Waals surface area contributed by atoms with Gasteiger partial charge in [-0.05, 0) is 38.6 Å². The average molecular weight is 352 g/mol. The number of piperidine rings is 1. The van der Waals surface area contributed by atoms with Crippen molar-refractivity contribution in [2.24, 2.45) is 5.92 Å². The molecule has 2 amide bonds. The van der Waals surface area contributed by atoms with Gasteiger partial charge in [0.1, 0.15) is 0 Å².